The molecule has 0 radical (unpaired) electrons. The molecular formula is C13H24N4. The molecule has 2 atom stereocenters. The van der Waals surface area contributed by atoms with Crippen molar-refractivity contribution in [2.45, 2.75) is 32.2 Å². The number of aromatic nitrogens is 2. The third kappa shape index (κ3) is 2.38. The van der Waals surface area contributed by atoms with Crippen LogP contribution in [0.1, 0.15) is 36.6 Å². The largest absolute Gasteiger partial charge is 0.330 e. The fourth-order valence-corrected chi connectivity index (χ4v) is 2.97. The molecule has 0 aliphatic carbocycles. The second-order valence-corrected chi connectivity index (χ2v) is 5.23. The van der Waals surface area contributed by atoms with Crippen molar-refractivity contribution in [2.24, 2.45) is 18.7 Å². The lowest BCUT2D eigenvalue weighted by Gasteiger charge is -2.31. The Bertz CT molecular complexity index is 371. The number of hydrogen-bond acceptors (Lipinski definition) is 3. The molecule has 1 saturated heterocycles. The number of nitrogens with zero attached hydrogens (tertiary/aromatic N) is 3. The third-order valence-corrected chi connectivity index (χ3v) is 4.15. The van der Waals surface area contributed by atoms with Gasteiger partial charge in [-0.1, -0.05) is 6.42 Å². The molecule has 2 N–H and O–H groups in total. The molecule has 2 unspecified atom stereocenters. The summed E-state index contributed by atoms with van der Waals surface area (Å²) in [6.45, 7) is 4.08. The van der Waals surface area contributed by atoms with Crippen LogP contribution in [0.25, 0.3) is 0 Å². The molecule has 1 fully saturated rings. The van der Waals surface area contributed by atoms with E-state index >= 15 is 0 Å². The van der Waals surface area contributed by atoms with Crippen LogP contribution in [0, 0.1) is 12.8 Å². The van der Waals surface area contributed by atoms with E-state index in [0.717, 1.165) is 13.1 Å². The van der Waals surface area contributed by atoms with Crippen molar-refractivity contribution in [2.75, 3.05) is 20.1 Å². The molecule has 2 heterocycles. The summed E-state index contributed by atoms with van der Waals surface area (Å²) in [5, 5.41) is 4.37. The molecule has 1 aromatic heterocycles. The molecule has 1 aromatic rings. The zero-order valence-electron chi connectivity index (χ0n) is 11.2. The molecule has 1 aliphatic rings. The minimum Gasteiger partial charge on any atom is -0.330 e. The molecule has 0 saturated carbocycles. The molecule has 17 heavy (non-hydrogen) atoms. The van der Waals surface area contributed by atoms with E-state index in [1.54, 1.807) is 0 Å². The second kappa shape index (κ2) is 5.19. The maximum absolute atomic E-state index is 5.97. The number of rotatable bonds is 2. The quantitative estimate of drug-likeness (QED) is 0.845. The van der Waals surface area contributed by atoms with Crippen LogP contribution in [-0.2, 0) is 7.05 Å². The van der Waals surface area contributed by atoms with Crippen molar-refractivity contribution in [1.29, 1.82) is 0 Å². The Labute approximate surface area is 104 Å². The summed E-state index contributed by atoms with van der Waals surface area (Å²) in [6, 6.07) is 0.441. The fourth-order valence-electron chi connectivity index (χ4n) is 2.97. The van der Waals surface area contributed by atoms with Crippen molar-refractivity contribution >= 4 is 0 Å². The van der Waals surface area contributed by atoms with Gasteiger partial charge in [-0.2, -0.15) is 5.10 Å². The van der Waals surface area contributed by atoms with Crippen LogP contribution in [0.2, 0.25) is 0 Å². The van der Waals surface area contributed by atoms with Gasteiger partial charge in [0.1, 0.15) is 0 Å². The van der Waals surface area contributed by atoms with E-state index in [1.807, 2.05) is 17.9 Å². The monoisotopic (exact) mass is 236 g/mol. The SMILES string of the molecule is Cc1c(C2C(CN)CCCCN2C)cnn1C. The molecule has 0 amide bonds. The molecule has 0 aromatic carbocycles. The number of nitrogens with two attached hydrogens (primary N) is 1. The van der Waals surface area contributed by atoms with Gasteiger partial charge in [0.15, 0.2) is 0 Å². The Morgan fingerprint density at radius 2 is 2.18 bits per heavy atom. The van der Waals surface area contributed by atoms with Crippen LogP contribution in [0.15, 0.2) is 6.20 Å². The van der Waals surface area contributed by atoms with Gasteiger partial charge < -0.3 is 5.73 Å². The average Bonchev–Trinajstić information content (AvgIpc) is 2.53. The highest BCUT2D eigenvalue weighted by molar-refractivity contribution is 5.22. The predicted octanol–water partition coefficient (Wildman–Crippen LogP) is 1.46. The van der Waals surface area contributed by atoms with E-state index in [-0.39, 0.29) is 0 Å². The Kier molecular flexibility index (Phi) is 3.84. The molecule has 0 spiro atoms. The zero-order chi connectivity index (χ0) is 12.4. The zero-order valence-corrected chi connectivity index (χ0v) is 11.2. The topological polar surface area (TPSA) is 47.1 Å². The minimum absolute atomic E-state index is 0.441. The Hall–Kier alpha value is -0.870. The van der Waals surface area contributed by atoms with Crippen LogP contribution in [-0.4, -0.2) is 34.8 Å². The highest BCUT2D eigenvalue weighted by atomic mass is 15.3. The standard InChI is InChI=1S/C13H24N4/c1-10-12(9-15-17(10)3)13-11(8-14)6-4-5-7-16(13)2/h9,11,13H,4-8,14H2,1-3H3. The first kappa shape index (κ1) is 12.6. The van der Waals surface area contributed by atoms with E-state index in [1.165, 1.54) is 30.5 Å². The van der Waals surface area contributed by atoms with Crippen molar-refractivity contribution in [3.05, 3.63) is 17.5 Å². The minimum atomic E-state index is 0.441. The Balaban J connectivity index is 2.33. The van der Waals surface area contributed by atoms with Gasteiger partial charge in [-0.05, 0) is 45.8 Å². The Morgan fingerprint density at radius 3 is 2.76 bits per heavy atom. The van der Waals surface area contributed by atoms with Gasteiger partial charge in [-0.3, -0.25) is 9.58 Å². The molecule has 96 valence electrons. The van der Waals surface area contributed by atoms with Crippen LogP contribution in [0.4, 0.5) is 0 Å². The molecule has 4 heteroatoms. The summed E-state index contributed by atoms with van der Waals surface area (Å²) < 4.78 is 1.96. The lowest BCUT2D eigenvalue weighted by molar-refractivity contribution is 0.195. The van der Waals surface area contributed by atoms with Crippen LogP contribution in [0.5, 0.6) is 0 Å². The smallest absolute Gasteiger partial charge is 0.0540 e. The first-order chi connectivity index (χ1) is 8.15. The fraction of sp³-hybridized carbons (Fsp3) is 0.769. The maximum atomic E-state index is 5.97. The molecule has 2 rings (SSSR count). The van der Waals surface area contributed by atoms with E-state index in [2.05, 4.69) is 24.0 Å². The predicted molar refractivity (Wildman–Crippen MR) is 69.7 cm³/mol. The van der Waals surface area contributed by atoms with E-state index in [0.29, 0.717) is 12.0 Å². The first-order valence-corrected chi connectivity index (χ1v) is 6.54. The normalized spacial score (nSPS) is 27.1. The van der Waals surface area contributed by atoms with E-state index in [4.69, 9.17) is 5.73 Å². The summed E-state index contributed by atoms with van der Waals surface area (Å²) in [5.41, 5.74) is 8.59. The van der Waals surface area contributed by atoms with Gasteiger partial charge in [-0.15, -0.1) is 0 Å². The Morgan fingerprint density at radius 1 is 1.41 bits per heavy atom. The van der Waals surface area contributed by atoms with Crippen molar-refractivity contribution in [1.82, 2.24) is 14.7 Å². The summed E-state index contributed by atoms with van der Waals surface area (Å²) in [6.07, 6.45) is 5.83. The molecule has 1 aliphatic heterocycles. The van der Waals surface area contributed by atoms with E-state index < -0.39 is 0 Å². The van der Waals surface area contributed by atoms with Crippen molar-refractivity contribution in [3.63, 3.8) is 0 Å². The lowest BCUT2D eigenvalue weighted by atomic mass is 9.90. The highest BCUT2D eigenvalue weighted by Gasteiger charge is 2.30. The summed E-state index contributed by atoms with van der Waals surface area (Å²) in [5.74, 6) is 0.561. The van der Waals surface area contributed by atoms with E-state index in [9.17, 15) is 0 Å². The third-order valence-electron chi connectivity index (χ3n) is 4.15. The second-order valence-electron chi connectivity index (χ2n) is 5.23. The molecule has 0 bridgehead atoms. The lowest BCUT2D eigenvalue weighted by Crippen LogP contribution is -2.33. The van der Waals surface area contributed by atoms with Crippen molar-refractivity contribution < 1.29 is 0 Å². The van der Waals surface area contributed by atoms with Crippen molar-refractivity contribution in [3.8, 4) is 0 Å². The number of likely N-dealkylation sites (tertiary alicyclic amines) is 1. The summed E-state index contributed by atoms with van der Waals surface area (Å²) >= 11 is 0. The maximum Gasteiger partial charge on any atom is 0.0540 e. The first-order valence-electron chi connectivity index (χ1n) is 6.54. The van der Waals surface area contributed by atoms with Gasteiger partial charge in [0.05, 0.1) is 6.20 Å². The summed E-state index contributed by atoms with van der Waals surface area (Å²) in [7, 11) is 4.22. The average molecular weight is 236 g/mol. The van der Waals surface area contributed by atoms with Crippen LogP contribution < -0.4 is 5.73 Å². The van der Waals surface area contributed by atoms with Gasteiger partial charge >= 0.3 is 0 Å². The van der Waals surface area contributed by atoms with Gasteiger partial charge in [0.25, 0.3) is 0 Å². The number of hydrogen-bond donors (Lipinski definition) is 1. The number of aryl methyl sites for hydroxylation is 1. The van der Waals surface area contributed by atoms with Crippen LogP contribution >= 0.6 is 0 Å². The van der Waals surface area contributed by atoms with Crippen LogP contribution in [0.3, 0.4) is 0 Å². The molecule has 4 nitrogen and oxygen atoms in total. The van der Waals surface area contributed by atoms with Gasteiger partial charge in [0, 0.05) is 24.3 Å². The summed E-state index contributed by atoms with van der Waals surface area (Å²) in [4.78, 5) is 2.45. The highest BCUT2D eigenvalue weighted by Crippen LogP contribution is 2.34. The molecular weight excluding hydrogens is 212 g/mol. The van der Waals surface area contributed by atoms with Gasteiger partial charge in [0.2, 0.25) is 0 Å². The van der Waals surface area contributed by atoms with Gasteiger partial charge in [-0.25, -0.2) is 0 Å².